The first-order valence-corrected chi connectivity index (χ1v) is 8.96. The molecule has 0 aromatic rings. The van der Waals surface area contributed by atoms with Crippen molar-refractivity contribution in [2.24, 2.45) is 0 Å². The van der Waals surface area contributed by atoms with Gasteiger partial charge in [-0.2, -0.15) is 0 Å². The minimum atomic E-state index is -0.925. The van der Waals surface area contributed by atoms with Crippen LogP contribution in [0.4, 0.5) is 0 Å². The molecule has 0 rings (SSSR count). The first kappa shape index (κ1) is 13.8. The van der Waals surface area contributed by atoms with Gasteiger partial charge < -0.3 is 0 Å². The Hall–Kier alpha value is 1.75. The fourth-order valence-electron chi connectivity index (χ4n) is 0.466. The van der Waals surface area contributed by atoms with E-state index >= 15 is 0 Å². The Bertz CT molecular complexity index is 299. The number of rotatable bonds is 4. The van der Waals surface area contributed by atoms with Crippen LogP contribution >= 0.6 is 21.2 Å². The average molecular weight is 297 g/mol. The Morgan fingerprint density at radius 1 is 1.33 bits per heavy atom. The van der Waals surface area contributed by atoms with Gasteiger partial charge in [0, 0.05) is 0 Å². The normalized spacial score (nSPS) is 13.1. The molecule has 0 N–H and O–H groups in total. The molecule has 0 aliphatic carbocycles. The molecule has 10 heteroatoms. The van der Waals surface area contributed by atoms with E-state index in [9.17, 15) is 0 Å². The van der Waals surface area contributed by atoms with Crippen LogP contribution in [-0.4, -0.2) is 52.6 Å². The second kappa shape index (κ2) is 8.10. The van der Waals surface area contributed by atoms with Crippen LogP contribution in [0.2, 0.25) is 0 Å². The number of hydrogen-bond donors (Lipinski definition) is 0. The summed E-state index contributed by atoms with van der Waals surface area (Å²) in [6.07, 6.45) is 0. The standard InChI is InChI=1S/C2H6B7IS2/c1-2-12(10,11)9-8-7-6-5-4-3/h3H,2H2,1H3. The van der Waals surface area contributed by atoms with Gasteiger partial charge >= 0.3 is 97.1 Å². The Balaban J connectivity index is 4.22. The molecule has 0 radical (unpaired) electrons. The van der Waals surface area contributed by atoms with Gasteiger partial charge in [0.25, 0.3) is 0 Å². The zero-order chi connectivity index (χ0) is 9.45. The van der Waals surface area contributed by atoms with Crippen molar-refractivity contribution in [1.29, 1.82) is 0 Å². The third kappa shape index (κ3) is 8.36. The van der Waals surface area contributed by atoms with Crippen molar-refractivity contribution in [2.45, 2.75) is 6.92 Å². The molecule has 1 atom stereocenters. The molecule has 0 amide bonds. The van der Waals surface area contributed by atoms with Crippen molar-refractivity contribution in [3.8, 4) is 0 Å². The molecule has 12 heavy (non-hydrogen) atoms. The van der Waals surface area contributed by atoms with Crippen LogP contribution < -0.4 is 0 Å². The van der Waals surface area contributed by atoms with E-state index in [-0.39, 0.29) is 0 Å². The maximum atomic E-state index is 5.34. The van der Waals surface area contributed by atoms with E-state index in [0.29, 0.717) is 0 Å². The molecule has 0 saturated carbocycles. The van der Waals surface area contributed by atoms with Crippen molar-refractivity contribution in [1.82, 2.24) is 0 Å². The Labute approximate surface area is 96.3 Å². The number of halogens is 1. The molecule has 0 aliphatic heterocycles. The summed E-state index contributed by atoms with van der Waals surface area (Å²) in [5, 5.41) is -0.925. The zero-order valence-electron chi connectivity index (χ0n) is 7.07. The first-order chi connectivity index (χ1) is 5.62. The van der Waals surface area contributed by atoms with E-state index in [2.05, 4.69) is 41.5 Å². The second-order valence-corrected chi connectivity index (χ2v) is 12.5. The van der Waals surface area contributed by atoms with Gasteiger partial charge in [0.2, 0.25) is 0 Å². The van der Waals surface area contributed by atoms with Gasteiger partial charge in [-0.3, -0.25) is 0 Å². The molecule has 54 valence electrons. The summed E-state index contributed by atoms with van der Waals surface area (Å²) in [6.45, 7) is 11.7. The van der Waals surface area contributed by atoms with Gasteiger partial charge in [-0.05, 0) is 0 Å². The quantitative estimate of drug-likeness (QED) is 0.346. The fourth-order valence-corrected chi connectivity index (χ4v) is 1.68. The Kier molecular flexibility index (Phi) is 9.28. The van der Waals surface area contributed by atoms with Crippen molar-refractivity contribution < 1.29 is 0 Å². The van der Waals surface area contributed by atoms with Gasteiger partial charge in [0.1, 0.15) is 0 Å². The summed E-state index contributed by atoms with van der Waals surface area (Å²) in [6, 6.07) is 2.11. The first-order valence-electron chi connectivity index (χ1n) is 3.63. The van der Waals surface area contributed by atoms with Crippen molar-refractivity contribution in [2.75, 3.05) is 5.75 Å². The summed E-state index contributed by atoms with van der Waals surface area (Å²) < 4.78 is 0. The van der Waals surface area contributed by atoms with E-state index in [1.807, 2.05) is 26.8 Å². The molecular formula is C2H6B7IS2. The van der Waals surface area contributed by atoms with Crippen molar-refractivity contribution in [3.05, 3.63) is 0 Å². The van der Waals surface area contributed by atoms with E-state index in [0.717, 1.165) is 5.75 Å². The molecule has 0 aliphatic rings. The summed E-state index contributed by atoms with van der Waals surface area (Å²) in [5.41, 5.74) is 0. The second-order valence-electron chi connectivity index (χ2n) is 2.07. The number of hydrogen-bond acceptors (Lipinski definition) is 1. The third-order valence-electron chi connectivity index (χ3n) is 1.14. The molecule has 0 saturated heterocycles. The summed E-state index contributed by atoms with van der Waals surface area (Å²) in [7, 11) is 3.58. The molecule has 0 aromatic carbocycles. The fraction of sp³-hybridized carbons (Fsp3) is 1.00. The van der Waals surface area contributed by atoms with E-state index < -0.39 is 5.19 Å². The Morgan fingerprint density at radius 3 is 2.42 bits per heavy atom. The van der Waals surface area contributed by atoms with E-state index in [1.54, 1.807) is 6.69 Å². The topological polar surface area (TPSA) is 0 Å². The molecule has 0 fully saturated rings. The van der Waals surface area contributed by atoms with Crippen LogP contribution in [0.25, 0.3) is 0 Å². The monoisotopic (exact) mass is 298 g/mol. The zero-order valence-corrected chi connectivity index (χ0v) is 10.9. The van der Waals surface area contributed by atoms with Crippen LogP contribution in [-0.2, 0) is 16.4 Å². The van der Waals surface area contributed by atoms with Crippen LogP contribution in [0, 0.1) is 0 Å². The molecule has 0 spiro atoms. The molecule has 0 aromatic heterocycles. The summed E-state index contributed by atoms with van der Waals surface area (Å²) in [4.78, 5) is 0. The molecule has 1 unspecified atom stereocenters. The minimum absolute atomic E-state index is 0.925. The van der Waals surface area contributed by atoms with Crippen molar-refractivity contribution >= 4 is 84.5 Å². The maximum absolute atomic E-state index is 5.34. The van der Waals surface area contributed by atoms with Crippen LogP contribution in [0.15, 0.2) is 0 Å². The van der Waals surface area contributed by atoms with E-state index in [4.69, 9.17) is 11.2 Å². The molecule has 0 heterocycles. The molecule has 0 nitrogen and oxygen atoms in total. The van der Waals surface area contributed by atoms with Gasteiger partial charge in [-0.25, -0.2) is 0 Å². The predicted octanol–water partition coefficient (Wildman–Crippen LogP) is -1.50. The van der Waals surface area contributed by atoms with Gasteiger partial charge in [-0.15, -0.1) is 0 Å². The van der Waals surface area contributed by atoms with Crippen LogP contribution in [0.1, 0.15) is 6.92 Å². The third-order valence-corrected chi connectivity index (χ3v) is 6.29. The molecular weight excluding hydrogens is 291 g/mol. The van der Waals surface area contributed by atoms with Gasteiger partial charge in [-0.1, -0.05) is 0 Å². The average Bonchev–Trinajstić information content (AvgIpc) is 2.04. The summed E-state index contributed by atoms with van der Waals surface area (Å²) in [5.74, 6) is 1.05. The Morgan fingerprint density at radius 2 is 1.92 bits per heavy atom. The predicted molar refractivity (Wildman–Crippen MR) is 81.0 cm³/mol. The van der Waals surface area contributed by atoms with Crippen LogP contribution in [0.5, 0.6) is 0 Å². The van der Waals surface area contributed by atoms with Gasteiger partial charge in [0.15, 0.2) is 0 Å². The van der Waals surface area contributed by atoms with Crippen molar-refractivity contribution in [3.63, 3.8) is 0 Å². The van der Waals surface area contributed by atoms with E-state index in [1.165, 1.54) is 0 Å². The molecule has 0 bridgehead atoms. The summed E-state index contributed by atoms with van der Waals surface area (Å²) >= 11 is 7.69. The SMILES string of the molecule is B=BB=BB=BB=S(=S)(I)CC. The van der Waals surface area contributed by atoms with Crippen LogP contribution in [0.3, 0.4) is 0 Å². The van der Waals surface area contributed by atoms with Gasteiger partial charge in [0.05, 0.1) is 0 Å².